The van der Waals surface area contributed by atoms with Gasteiger partial charge in [-0.1, -0.05) is 12.1 Å². The molecule has 0 unspecified atom stereocenters. The van der Waals surface area contributed by atoms with Crippen molar-refractivity contribution in [2.75, 3.05) is 7.05 Å². The molecule has 0 atom stereocenters. The van der Waals surface area contributed by atoms with E-state index in [0.29, 0.717) is 4.97 Å². The Bertz CT molecular complexity index is 491. The molecule has 0 spiro atoms. The van der Waals surface area contributed by atoms with Gasteiger partial charge in [-0.05, 0) is 38.5 Å². The smallest absolute Gasteiger partial charge is 0.335 e. The van der Waals surface area contributed by atoms with Crippen LogP contribution in [0.5, 0.6) is 0 Å². The quantitative estimate of drug-likeness (QED) is 0.508. The third kappa shape index (κ3) is 4.42. The van der Waals surface area contributed by atoms with Gasteiger partial charge >= 0.3 is 5.97 Å². The molecule has 1 N–H and O–H groups in total. The monoisotopic (exact) mass is 281 g/mol. The SMILES string of the molecule is CN(/[N+]([O-])=N/OCc1ccc(C(=O)O)cc1)C(C)(C)C. The first-order valence-corrected chi connectivity index (χ1v) is 6.08. The van der Waals surface area contributed by atoms with Gasteiger partial charge in [-0.3, -0.25) is 0 Å². The van der Waals surface area contributed by atoms with E-state index in [2.05, 4.69) is 5.28 Å². The molecule has 0 radical (unpaired) electrons. The maximum Gasteiger partial charge on any atom is 0.335 e. The van der Waals surface area contributed by atoms with Crippen LogP contribution in [0.2, 0.25) is 0 Å². The van der Waals surface area contributed by atoms with Crippen molar-refractivity contribution in [3.8, 4) is 0 Å². The Morgan fingerprint density at radius 3 is 2.40 bits per heavy atom. The molecule has 1 rings (SSSR count). The average Bonchev–Trinajstić information content (AvgIpc) is 2.37. The predicted octanol–water partition coefficient (Wildman–Crippen LogP) is 2.42. The van der Waals surface area contributed by atoms with Crippen LogP contribution in [0.1, 0.15) is 36.7 Å². The second-order valence-electron chi connectivity index (χ2n) is 5.30. The summed E-state index contributed by atoms with van der Waals surface area (Å²) in [4.78, 5) is 16.0. The van der Waals surface area contributed by atoms with Gasteiger partial charge in [0.1, 0.15) is 6.61 Å². The second-order valence-corrected chi connectivity index (χ2v) is 5.30. The van der Waals surface area contributed by atoms with Gasteiger partial charge in [0.15, 0.2) is 0 Å². The first-order valence-electron chi connectivity index (χ1n) is 6.08. The zero-order valence-corrected chi connectivity index (χ0v) is 12.0. The minimum atomic E-state index is -0.986. The minimum absolute atomic E-state index is 0.0939. The topological polar surface area (TPSA) is 88.2 Å². The molecule has 0 aliphatic rings. The van der Waals surface area contributed by atoms with Gasteiger partial charge in [0.25, 0.3) is 0 Å². The molecule has 0 amide bonds. The fourth-order valence-corrected chi connectivity index (χ4v) is 1.21. The number of aromatic carboxylic acids is 1. The van der Waals surface area contributed by atoms with E-state index in [1.807, 2.05) is 20.8 Å². The van der Waals surface area contributed by atoms with Crippen LogP contribution in [0.25, 0.3) is 0 Å². The molecule has 0 saturated heterocycles. The predicted molar refractivity (Wildman–Crippen MR) is 71.8 cm³/mol. The van der Waals surface area contributed by atoms with Crippen LogP contribution in [-0.2, 0) is 11.4 Å². The van der Waals surface area contributed by atoms with Gasteiger partial charge < -0.3 is 15.2 Å². The summed E-state index contributed by atoms with van der Waals surface area (Å²) in [5.41, 5.74) is 0.562. The van der Waals surface area contributed by atoms with Crippen LogP contribution >= 0.6 is 0 Å². The molecular weight excluding hydrogens is 262 g/mol. The third-order valence-corrected chi connectivity index (χ3v) is 2.79. The van der Waals surface area contributed by atoms with Gasteiger partial charge in [0.2, 0.25) is 5.28 Å². The van der Waals surface area contributed by atoms with Crippen molar-refractivity contribution in [1.29, 1.82) is 0 Å². The number of hydrogen-bond acceptors (Lipinski definition) is 4. The van der Waals surface area contributed by atoms with Crippen LogP contribution in [-0.4, -0.2) is 33.6 Å². The zero-order chi connectivity index (χ0) is 15.3. The summed E-state index contributed by atoms with van der Waals surface area (Å²) in [6, 6.07) is 6.16. The molecular formula is C13H19N3O4. The highest BCUT2D eigenvalue weighted by Crippen LogP contribution is 2.11. The van der Waals surface area contributed by atoms with E-state index in [0.717, 1.165) is 5.56 Å². The van der Waals surface area contributed by atoms with Crippen molar-refractivity contribution in [2.45, 2.75) is 32.9 Å². The number of carbonyl (C=O) groups is 1. The van der Waals surface area contributed by atoms with Crippen molar-refractivity contribution in [2.24, 2.45) is 5.28 Å². The number of hydrogen-bond donors (Lipinski definition) is 1. The standard InChI is InChI=1S/C13H19N3O4/c1-13(2,3)15(4)16(19)14-20-9-10-5-7-11(8-6-10)12(17)18/h5-8H,9H2,1-4H3,(H,17,18)/b16-14-. The molecule has 0 saturated carbocycles. The fraction of sp³-hybridized carbons (Fsp3) is 0.462. The van der Waals surface area contributed by atoms with Crippen LogP contribution in [0.15, 0.2) is 29.5 Å². The van der Waals surface area contributed by atoms with Gasteiger partial charge in [0.05, 0.1) is 23.1 Å². The second kappa shape index (κ2) is 6.23. The average molecular weight is 281 g/mol. The number of rotatable bonds is 5. The summed E-state index contributed by atoms with van der Waals surface area (Å²) in [7, 11) is 1.61. The lowest BCUT2D eigenvalue weighted by Crippen LogP contribution is -2.42. The fourth-order valence-electron chi connectivity index (χ4n) is 1.21. The van der Waals surface area contributed by atoms with E-state index in [9.17, 15) is 10.0 Å². The number of carboxylic acids is 1. The molecule has 7 heteroatoms. The highest BCUT2D eigenvalue weighted by Gasteiger charge is 2.24. The number of benzene rings is 1. The highest BCUT2D eigenvalue weighted by atomic mass is 16.7. The Labute approximate surface area is 117 Å². The Balaban J connectivity index is 2.57. The Hall–Kier alpha value is -2.31. The lowest BCUT2D eigenvalue weighted by molar-refractivity contribution is -0.720. The number of nitrogens with zero attached hydrogens (tertiary/aromatic N) is 3. The molecule has 0 aliphatic heterocycles. The molecule has 0 bridgehead atoms. The van der Waals surface area contributed by atoms with Crippen molar-refractivity contribution in [1.82, 2.24) is 5.01 Å². The molecule has 0 heterocycles. The summed E-state index contributed by atoms with van der Waals surface area (Å²) in [5.74, 6) is -0.986. The van der Waals surface area contributed by atoms with Crippen molar-refractivity contribution < 1.29 is 19.7 Å². The van der Waals surface area contributed by atoms with E-state index in [1.54, 1.807) is 19.2 Å². The minimum Gasteiger partial charge on any atom is -0.569 e. The summed E-state index contributed by atoms with van der Waals surface area (Å²) < 4.78 is 0. The van der Waals surface area contributed by atoms with Crippen molar-refractivity contribution in [3.05, 3.63) is 40.6 Å². The lowest BCUT2D eigenvalue weighted by Gasteiger charge is -2.26. The maximum atomic E-state index is 11.6. The van der Waals surface area contributed by atoms with Crippen LogP contribution in [0.4, 0.5) is 0 Å². The first kappa shape index (κ1) is 15.7. The van der Waals surface area contributed by atoms with Gasteiger partial charge in [-0.25, -0.2) is 4.79 Å². The van der Waals surface area contributed by atoms with Crippen molar-refractivity contribution in [3.63, 3.8) is 0 Å². The Morgan fingerprint density at radius 2 is 1.95 bits per heavy atom. The summed E-state index contributed by atoms with van der Waals surface area (Å²) >= 11 is 0. The third-order valence-electron chi connectivity index (χ3n) is 2.79. The lowest BCUT2D eigenvalue weighted by atomic mass is 10.1. The van der Waals surface area contributed by atoms with E-state index in [1.165, 1.54) is 17.1 Å². The van der Waals surface area contributed by atoms with Crippen LogP contribution in [0, 0.1) is 5.21 Å². The van der Waals surface area contributed by atoms with E-state index >= 15 is 0 Å². The van der Waals surface area contributed by atoms with Gasteiger partial charge in [-0.2, -0.15) is 0 Å². The summed E-state index contributed by atoms with van der Waals surface area (Å²) in [6.07, 6.45) is 0. The molecule has 1 aromatic rings. The van der Waals surface area contributed by atoms with Gasteiger partial charge in [-0.15, -0.1) is 5.01 Å². The molecule has 0 aliphatic carbocycles. The molecule has 1 aromatic carbocycles. The Morgan fingerprint density at radius 1 is 1.40 bits per heavy atom. The van der Waals surface area contributed by atoms with E-state index in [4.69, 9.17) is 9.94 Å². The molecule has 7 nitrogen and oxygen atoms in total. The highest BCUT2D eigenvalue weighted by molar-refractivity contribution is 5.87. The Kier molecular flexibility index (Phi) is 4.90. The van der Waals surface area contributed by atoms with Crippen LogP contribution in [0.3, 0.4) is 0 Å². The molecule has 110 valence electrons. The molecule has 0 fully saturated rings. The normalized spacial score (nSPS) is 12.1. The first-order chi connectivity index (χ1) is 9.21. The maximum absolute atomic E-state index is 11.6. The summed E-state index contributed by atoms with van der Waals surface area (Å²) in [5, 5.41) is 25.2. The molecule has 20 heavy (non-hydrogen) atoms. The molecule has 0 aromatic heterocycles. The van der Waals surface area contributed by atoms with E-state index in [-0.39, 0.29) is 17.7 Å². The summed E-state index contributed by atoms with van der Waals surface area (Å²) in [6.45, 7) is 5.71. The zero-order valence-electron chi connectivity index (χ0n) is 12.0. The number of hydrazine groups is 1. The van der Waals surface area contributed by atoms with E-state index < -0.39 is 5.97 Å². The van der Waals surface area contributed by atoms with Gasteiger partial charge in [0, 0.05) is 0 Å². The largest absolute Gasteiger partial charge is 0.569 e. The van der Waals surface area contributed by atoms with Crippen molar-refractivity contribution >= 4 is 5.97 Å². The van der Waals surface area contributed by atoms with Crippen LogP contribution < -0.4 is 0 Å². The number of carboxylic acid groups (broad SMARTS) is 1.